The molecule has 2 aliphatic rings. The molecule has 2 aliphatic heterocycles. The largest absolute Gasteiger partial charge is 0.394 e. The van der Waals surface area contributed by atoms with E-state index < -0.39 is 0 Å². The molecule has 0 saturated carbocycles. The van der Waals surface area contributed by atoms with E-state index in [-0.39, 0.29) is 19.0 Å². The molecule has 2 fully saturated rings. The van der Waals surface area contributed by atoms with Crippen LogP contribution in [-0.4, -0.2) is 43.9 Å². The highest BCUT2D eigenvalue weighted by molar-refractivity contribution is 4.70. The lowest BCUT2D eigenvalue weighted by molar-refractivity contribution is -0.0856. The molecule has 2 unspecified atom stereocenters. The van der Waals surface area contributed by atoms with Crippen LogP contribution in [0.1, 0.15) is 19.3 Å². The summed E-state index contributed by atoms with van der Waals surface area (Å²) < 4.78 is 16.2. The molecule has 4 nitrogen and oxygen atoms in total. The third-order valence-electron chi connectivity index (χ3n) is 2.88. The van der Waals surface area contributed by atoms with E-state index in [0.29, 0.717) is 12.5 Å². The Balaban J connectivity index is 1.69. The molecule has 0 aromatic rings. The SMILES string of the molecule is OCC1COC(CC2CCOCC2)O1. The van der Waals surface area contributed by atoms with Gasteiger partial charge in [-0.15, -0.1) is 0 Å². The molecule has 0 radical (unpaired) electrons. The van der Waals surface area contributed by atoms with Gasteiger partial charge in [-0.1, -0.05) is 0 Å². The summed E-state index contributed by atoms with van der Waals surface area (Å²) in [7, 11) is 0. The Hall–Kier alpha value is -0.160. The van der Waals surface area contributed by atoms with Crippen molar-refractivity contribution in [2.45, 2.75) is 31.7 Å². The van der Waals surface area contributed by atoms with Crippen LogP contribution < -0.4 is 0 Å². The molecule has 0 aromatic heterocycles. The summed E-state index contributed by atoms with van der Waals surface area (Å²) in [5.41, 5.74) is 0. The zero-order chi connectivity index (χ0) is 9.80. The highest BCUT2D eigenvalue weighted by Gasteiger charge is 2.28. The van der Waals surface area contributed by atoms with Gasteiger partial charge in [0.2, 0.25) is 0 Å². The van der Waals surface area contributed by atoms with Crippen LogP contribution in [0.15, 0.2) is 0 Å². The predicted octanol–water partition coefficient (Wildman–Crippen LogP) is 0.537. The van der Waals surface area contributed by atoms with Crippen molar-refractivity contribution in [3.8, 4) is 0 Å². The molecular formula is C10H18O4. The van der Waals surface area contributed by atoms with Gasteiger partial charge in [0.15, 0.2) is 6.29 Å². The minimum Gasteiger partial charge on any atom is -0.394 e. The Morgan fingerprint density at radius 1 is 1.21 bits per heavy atom. The van der Waals surface area contributed by atoms with Crippen LogP contribution >= 0.6 is 0 Å². The van der Waals surface area contributed by atoms with Crippen molar-refractivity contribution in [1.82, 2.24) is 0 Å². The molecule has 14 heavy (non-hydrogen) atoms. The second-order valence-electron chi connectivity index (χ2n) is 4.00. The van der Waals surface area contributed by atoms with Crippen LogP contribution in [0, 0.1) is 5.92 Å². The summed E-state index contributed by atoms with van der Waals surface area (Å²) in [5, 5.41) is 8.86. The fourth-order valence-corrected chi connectivity index (χ4v) is 1.98. The predicted molar refractivity (Wildman–Crippen MR) is 49.9 cm³/mol. The molecule has 4 heteroatoms. The second kappa shape index (κ2) is 5.07. The van der Waals surface area contributed by atoms with Crippen LogP contribution in [0.4, 0.5) is 0 Å². The number of rotatable bonds is 3. The molecule has 0 amide bonds. The first-order valence-corrected chi connectivity index (χ1v) is 5.34. The van der Waals surface area contributed by atoms with Gasteiger partial charge >= 0.3 is 0 Å². The van der Waals surface area contributed by atoms with Crippen LogP contribution in [0.3, 0.4) is 0 Å². The van der Waals surface area contributed by atoms with E-state index in [4.69, 9.17) is 19.3 Å². The molecule has 2 heterocycles. The minimum absolute atomic E-state index is 0.0598. The normalized spacial score (nSPS) is 34.9. The highest BCUT2D eigenvalue weighted by Crippen LogP contribution is 2.25. The van der Waals surface area contributed by atoms with Crippen molar-refractivity contribution >= 4 is 0 Å². The fourth-order valence-electron chi connectivity index (χ4n) is 1.98. The van der Waals surface area contributed by atoms with Gasteiger partial charge in [-0.25, -0.2) is 0 Å². The van der Waals surface area contributed by atoms with Gasteiger partial charge in [0.25, 0.3) is 0 Å². The summed E-state index contributed by atoms with van der Waals surface area (Å²) in [6.07, 6.45) is 2.94. The first-order chi connectivity index (χ1) is 6.88. The van der Waals surface area contributed by atoms with Crippen LogP contribution in [0.2, 0.25) is 0 Å². The van der Waals surface area contributed by atoms with Gasteiger partial charge in [0, 0.05) is 19.6 Å². The third kappa shape index (κ3) is 2.67. The van der Waals surface area contributed by atoms with E-state index in [0.717, 1.165) is 32.5 Å². The van der Waals surface area contributed by atoms with Gasteiger partial charge in [-0.2, -0.15) is 0 Å². The lowest BCUT2D eigenvalue weighted by atomic mass is 9.96. The fraction of sp³-hybridized carbons (Fsp3) is 1.00. The molecule has 0 aromatic carbocycles. The molecule has 2 saturated heterocycles. The van der Waals surface area contributed by atoms with Crippen molar-refractivity contribution in [3.05, 3.63) is 0 Å². The average molecular weight is 202 g/mol. The minimum atomic E-state index is -0.111. The first kappa shape index (κ1) is 10.4. The molecule has 2 atom stereocenters. The lowest BCUT2D eigenvalue weighted by Crippen LogP contribution is -2.22. The molecule has 0 bridgehead atoms. The number of aliphatic hydroxyl groups is 1. The van der Waals surface area contributed by atoms with E-state index in [1.807, 2.05) is 0 Å². The molecule has 2 rings (SSSR count). The zero-order valence-corrected chi connectivity index (χ0v) is 8.35. The van der Waals surface area contributed by atoms with Gasteiger partial charge < -0.3 is 19.3 Å². The standard InChI is InChI=1S/C10H18O4/c11-6-9-7-13-10(14-9)5-8-1-3-12-4-2-8/h8-11H,1-7H2. The zero-order valence-electron chi connectivity index (χ0n) is 8.35. The number of aliphatic hydroxyl groups excluding tert-OH is 1. The van der Waals surface area contributed by atoms with Gasteiger partial charge in [-0.05, 0) is 18.8 Å². The highest BCUT2D eigenvalue weighted by atomic mass is 16.7. The summed E-state index contributed by atoms with van der Waals surface area (Å²) in [4.78, 5) is 0. The van der Waals surface area contributed by atoms with E-state index >= 15 is 0 Å². The van der Waals surface area contributed by atoms with Crippen molar-refractivity contribution in [2.75, 3.05) is 26.4 Å². The molecule has 82 valence electrons. The van der Waals surface area contributed by atoms with Crippen LogP contribution in [0.25, 0.3) is 0 Å². The third-order valence-corrected chi connectivity index (χ3v) is 2.88. The maximum Gasteiger partial charge on any atom is 0.158 e. The number of hydrogen-bond acceptors (Lipinski definition) is 4. The Labute approximate surface area is 84.1 Å². The Morgan fingerprint density at radius 3 is 2.64 bits per heavy atom. The van der Waals surface area contributed by atoms with E-state index in [1.54, 1.807) is 0 Å². The van der Waals surface area contributed by atoms with Crippen molar-refractivity contribution in [1.29, 1.82) is 0 Å². The summed E-state index contributed by atoms with van der Waals surface area (Å²) >= 11 is 0. The average Bonchev–Trinajstić information content (AvgIpc) is 2.67. The Kier molecular flexibility index (Phi) is 3.75. The van der Waals surface area contributed by atoms with E-state index in [9.17, 15) is 0 Å². The number of ether oxygens (including phenoxy) is 3. The molecular weight excluding hydrogens is 184 g/mol. The van der Waals surface area contributed by atoms with Crippen LogP contribution in [0.5, 0.6) is 0 Å². The number of hydrogen-bond donors (Lipinski definition) is 1. The summed E-state index contributed by atoms with van der Waals surface area (Å²) in [6, 6.07) is 0. The van der Waals surface area contributed by atoms with Crippen LogP contribution in [-0.2, 0) is 14.2 Å². The summed E-state index contributed by atoms with van der Waals surface area (Å²) in [5.74, 6) is 0.659. The monoisotopic (exact) mass is 202 g/mol. The molecule has 1 N–H and O–H groups in total. The maximum absolute atomic E-state index is 8.86. The Bertz CT molecular complexity index is 168. The molecule has 0 spiro atoms. The second-order valence-corrected chi connectivity index (χ2v) is 4.00. The van der Waals surface area contributed by atoms with Crippen molar-refractivity contribution in [3.63, 3.8) is 0 Å². The lowest BCUT2D eigenvalue weighted by Gasteiger charge is -2.23. The maximum atomic E-state index is 8.86. The quantitative estimate of drug-likeness (QED) is 0.725. The van der Waals surface area contributed by atoms with Gasteiger partial charge in [0.05, 0.1) is 13.2 Å². The summed E-state index contributed by atoms with van der Waals surface area (Å²) in [6.45, 7) is 2.32. The molecule has 0 aliphatic carbocycles. The van der Waals surface area contributed by atoms with E-state index in [1.165, 1.54) is 0 Å². The Morgan fingerprint density at radius 2 is 2.00 bits per heavy atom. The van der Waals surface area contributed by atoms with Crippen molar-refractivity contribution < 1.29 is 19.3 Å². The smallest absolute Gasteiger partial charge is 0.158 e. The topological polar surface area (TPSA) is 47.9 Å². The van der Waals surface area contributed by atoms with Gasteiger partial charge in [0.1, 0.15) is 6.10 Å². The van der Waals surface area contributed by atoms with Crippen molar-refractivity contribution in [2.24, 2.45) is 5.92 Å². The first-order valence-electron chi connectivity index (χ1n) is 5.34. The van der Waals surface area contributed by atoms with E-state index in [2.05, 4.69) is 0 Å². The van der Waals surface area contributed by atoms with Gasteiger partial charge in [-0.3, -0.25) is 0 Å².